The second-order valence-electron chi connectivity index (χ2n) is 7.46. The van der Waals surface area contributed by atoms with Crippen molar-refractivity contribution < 1.29 is 43.4 Å². The molecule has 9 nitrogen and oxygen atoms in total. The maximum Gasteiger partial charge on any atom is 0.310 e. The number of nitrogens with two attached hydrogens (primary N) is 1. The molecule has 2 amide bonds. The van der Waals surface area contributed by atoms with Gasteiger partial charge in [0.15, 0.2) is 23.6 Å². The first-order valence-electron chi connectivity index (χ1n) is 9.55. The molecule has 0 aliphatic carbocycles. The summed E-state index contributed by atoms with van der Waals surface area (Å²) in [6.07, 6.45) is -3.68. The highest BCUT2D eigenvalue weighted by molar-refractivity contribution is 8.45. The highest BCUT2D eigenvalue weighted by Crippen LogP contribution is 3.02. The molecule has 0 spiro atoms. The number of fused-ring (bicyclic) bond motifs is 1. The molecular weight excluding hydrogens is 491 g/mol. The van der Waals surface area contributed by atoms with Gasteiger partial charge in [-0.05, 0) is 36.4 Å². The molecular formula is C19H17F5N4O5S. The van der Waals surface area contributed by atoms with Crippen LogP contribution in [0.5, 0.6) is 0 Å². The van der Waals surface area contributed by atoms with Gasteiger partial charge in [-0.1, -0.05) is 24.6 Å². The van der Waals surface area contributed by atoms with Gasteiger partial charge in [0.2, 0.25) is 0 Å². The van der Waals surface area contributed by atoms with Crippen molar-refractivity contribution in [1.29, 1.82) is 0 Å². The second-order valence-corrected chi connectivity index (χ2v) is 9.87. The molecule has 1 aliphatic rings. The Labute approximate surface area is 188 Å². The van der Waals surface area contributed by atoms with E-state index >= 15 is 0 Å². The maximum atomic E-state index is 12.9. The van der Waals surface area contributed by atoms with Gasteiger partial charge in [-0.15, -0.1) is 0 Å². The number of rotatable bonds is 5. The lowest BCUT2D eigenvalue weighted by Crippen LogP contribution is -2.55. The Bertz CT molecular complexity index is 1280. The third-order valence-electron chi connectivity index (χ3n) is 5.04. The van der Waals surface area contributed by atoms with Crippen molar-refractivity contribution in [3.05, 3.63) is 42.5 Å². The summed E-state index contributed by atoms with van der Waals surface area (Å²) in [5.41, 5.74) is 5.93. The number of benzene rings is 2. The second kappa shape index (κ2) is 7.28. The Morgan fingerprint density at radius 1 is 1.18 bits per heavy atom. The van der Waals surface area contributed by atoms with E-state index in [4.69, 9.17) is 15.0 Å². The van der Waals surface area contributed by atoms with Crippen molar-refractivity contribution in [2.24, 2.45) is 0 Å². The van der Waals surface area contributed by atoms with Crippen LogP contribution in [0.1, 0.15) is 0 Å². The lowest BCUT2D eigenvalue weighted by Gasteiger charge is -2.40. The molecule has 15 heteroatoms. The predicted molar refractivity (Wildman–Crippen MR) is 113 cm³/mol. The Hall–Kier alpha value is -3.43. The number of ether oxygens (including phenoxy) is 1. The van der Waals surface area contributed by atoms with E-state index < -0.39 is 39.1 Å². The highest BCUT2D eigenvalue weighted by atomic mass is 32.5. The number of nitrogens with zero attached hydrogens (tertiary/aromatic N) is 2. The van der Waals surface area contributed by atoms with Gasteiger partial charge in [0.05, 0.1) is 12.0 Å². The summed E-state index contributed by atoms with van der Waals surface area (Å²) in [5, 5.41) is 16.8. The Kier molecular flexibility index (Phi) is 5.08. The third kappa shape index (κ3) is 4.62. The SMILES string of the molecule is Nc1noc2cc(NC(=O)[C@H](O)[C@H]3OCCN(c4ccc(S(F)(F)(F)(F)F)cc4)C3=O)ccc12. The molecule has 1 fully saturated rings. The number of aromatic nitrogens is 1. The van der Waals surface area contributed by atoms with E-state index in [-0.39, 0.29) is 48.1 Å². The molecule has 2 aromatic carbocycles. The van der Waals surface area contributed by atoms with E-state index in [0.29, 0.717) is 17.5 Å². The lowest BCUT2D eigenvalue weighted by molar-refractivity contribution is -0.150. The number of halogens is 5. The minimum Gasteiger partial charge on any atom is -0.380 e. The number of anilines is 3. The van der Waals surface area contributed by atoms with Crippen LogP contribution in [0.4, 0.5) is 36.6 Å². The first kappa shape index (κ1) is 23.7. The summed E-state index contributed by atoms with van der Waals surface area (Å²) in [5.74, 6) is -1.81. The van der Waals surface area contributed by atoms with Gasteiger partial charge < -0.3 is 30.3 Å². The van der Waals surface area contributed by atoms with Gasteiger partial charge >= 0.3 is 10.2 Å². The van der Waals surface area contributed by atoms with Crippen molar-refractivity contribution in [2.45, 2.75) is 17.1 Å². The Balaban J connectivity index is 1.49. The topological polar surface area (TPSA) is 131 Å². The molecule has 0 saturated carbocycles. The van der Waals surface area contributed by atoms with Crippen LogP contribution in [-0.2, 0) is 14.3 Å². The molecule has 1 saturated heterocycles. The van der Waals surface area contributed by atoms with Crippen molar-refractivity contribution in [1.82, 2.24) is 5.16 Å². The van der Waals surface area contributed by atoms with Gasteiger partial charge in [0, 0.05) is 24.0 Å². The smallest absolute Gasteiger partial charge is 0.310 e. The average molecular weight is 508 g/mol. The van der Waals surface area contributed by atoms with Crippen molar-refractivity contribution in [2.75, 3.05) is 29.1 Å². The number of carbonyl (C=O) groups excluding carboxylic acids is 2. The summed E-state index contributed by atoms with van der Waals surface area (Å²) in [6.45, 7) is -0.309. The normalized spacial score (nSPS) is 20.0. The van der Waals surface area contributed by atoms with Crippen LogP contribution in [0, 0.1) is 0 Å². The molecule has 184 valence electrons. The van der Waals surface area contributed by atoms with E-state index in [2.05, 4.69) is 10.5 Å². The fourth-order valence-electron chi connectivity index (χ4n) is 3.36. The van der Waals surface area contributed by atoms with E-state index in [9.17, 15) is 34.1 Å². The Morgan fingerprint density at radius 3 is 2.50 bits per heavy atom. The zero-order valence-electron chi connectivity index (χ0n) is 17.0. The minimum absolute atomic E-state index is 0.134. The highest BCUT2D eigenvalue weighted by Gasteiger charge is 2.65. The van der Waals surface area contributed by atoms with Crippen LogP contribution in [-0.4, -0.2) is 47.4 Å². The summed E-state index contributed by atoms with van der Waals surface area (Å²) in [4.78, 5) is 24.1. The number of aliphatic hydroxyl groups is 1. The zero-order valence-corrected chi connectivity index (χ0v) is 17.8. The number of morpholine rings is 1. The minimum atomic E-state index is -9.87. The molecule has 4 rings (SSSR count). The van der Waals surface area contributed by atoms with Gasteiger partial charge in [-0.2, -0.15) is 0 Å². The van der Waals surface area contributed by atoms with Gasteiger partial charge in [0.25, 0.3) is 11.8 Å². The molecule has 34 heavy (non-hydrogen) atoms. The summed E-state index contributed by atoms with van der Waals surface area (Å²) >= 11 is 0. The van der Waals surface area contributed by atoms with Crippen LogP contribution in [0.15, 0.2) is 51.9 Å². The standard InChI is InChI=1S/C19H17F5N4O5S/c20-34(21,22,23,24)12-4-2-11(3-5-12)28-7-8-32-16(19(28)31)15(29)18(30)26-10-1-6-13-14(9-10)33-27-17(13)25/h1-6,9,15-16,29H,7-8H2,(H2,25,27)(H,26,30)/t15-,16-/m1/s1. The third-order valence-corrected chi connectivity index (χ3v) is 6.20. The molecule has 1 aromatic heterocycles. The van der Waals surface area contributed by atoms with Crippen LogP contribution < -0.4 is 16.0 Å². The number of nitrogen functional groups attached to an aromatic ring is 1. The quantitative estimate of drug-likeness (QED) is 0.447. The predicted octanol–water partition coefficient (Wildman–Crippen LogP) is 3.80. The fourth-order valence-corrected chi connectivity index (χ4v) is 4.01. The largest absolute Gasteiger partial charge is 0.380 e. The van der Waals surface area contributed by atoms with Crippen molar-refractivity contribution >= 4 is 50.2 Å². The molecule has 0 radical (unpaired) electrons. The molecule has 0 unspecified atom stereocenters. The monoisotopic (exact) mass is 508 g/mol. The molecule has 2 heterocycles. The van der Waals surface area contributed by atoms with Gasteiger partial charge in [-0.3, -0.25) is 9.59 Å². The molecule has 2 atom stereocenters. The molecule has 1 aliphatic heterocycles. The average Bonchev–Trinajstić information content (AvgIpc) is 3.12. The first-order chi connectivity index (χ1) is 15.6. The lowest BCUT2D eigenvalue weighted by atomic mass is 10.1. The molecule has 3 aromatic rings. The number of hydrogen-bond acceptors (Lipinski definition) is 7. The van der Waals surface area contributed by atoms with Crippen LogP contribution >= 0.6 is 10.2 Å². The number of amides is 2. The molecule has 4 N–H and O–H groups in total. The first-order valence-corrected chi connectivity index (χ1v) is 11.5. The Morgan fingerprint density at radius 2 is 1.85 bits per heavy atom. The van der Waals surface area contributed by atoms with E-state index in [1.54, 1.807) is 0 Å². The number of nitrogens with one attached hydrogen (secondary N) is 1. The van der Waals surface area contributed by atoms with Crippen LogP contribution in [0.3, 0.4) is 0 Å². The van der Waals surface area contributed by atoms with E-state index in [1.165, 1.54) is 18.2 Å². The number of carbonyl (C=O) groups is 2. The van der Waals surface area contributed by atoms with E-state index in [1.807, 2.05) is 0 Å². The van der Waals surface area contributed by atoms with Gasteiger partial charge in [0.1, 0.15) is 4.90 Å². The fraction of sp³-hybridized carbons (Fsp3) is 0.211. The van der Waals surface area contributed by atoms with Gasteiger partial charge in [-0.25, -0.2) is 0 Å². The van der Waals surface area contributed by atoms with E-state index in [0.717, 1.165) is 4.90 Å². The summed E-state index contributed by atoms with van der Waals surface area (Å²) in [7, 11) is -9.87. The number of hydrogen-bond donors (Lipinski definition) is 3. The zero-order chi connectivity index (χ0) is 25.0. The summed E-state index contributed by atoms with van der Waals surface area (Å²) < 4.78 is 74.8. The van der Waals surface area contributed by atoms with Crippen molar-refractivity contribution in [3.63, 3.8) is 0 Å². The van der Waals surface area contributed by atoms with Crippen LogP contribution in [0.2, 0.25) is 0 Å². The molecule has 0 bridgehead atoms. The van der Waals surface area contributed by atoms with Crippen molar-refractivity contribution in [3.8, 4) is 0 Å². The number of aliphatic hydroxyl groups excluding tert-OH is 1. The maximum absolute atomic E-state index is 12.9. The summed E-state index contributed by atoms with van der Waals surface area (Å²) in [6, 6.07) is 6.12. The van der Waals surface area contributed by atoms with Crippen LogP contribution in [0.25, 0.3) is 11.0 Å².